The van der Waals surface area contributed by atoms with Gasteiger partial charge in [-0.05, 0) is 44.0 Å². The van der Waals surface area contributed by atoms with Crippen LogP contribution in [-0.4, -0.2) is 11.5 Å². The molecule has 0 aliphatic rings. The zero-order valence-corrected chi connectivity index (χ0v) is 12.7. The lowest BCUT2D eigenvalue weighted by Gasteiger charge is -2.07. The minimum absolute atomic E-state index is 0.0688. The normalized spacial score (nSPS) is 11.5. The average molecular weight is 280 g/mol. The summed E-state index contributed by atoms with van der Waals surface area (Å²) in [6.07, 6.45) is 0.302. The van der Waals surface area contributed by atoms with Crippen LogP contribution in [0.25, 0.3) is 0 Å². The van der Waals surface area contributed by atoms with Gasteiger partial charge in [0.05, 0.1) is 11.4 Å². The van der Waals surface area contributed by atoms with Gasteiger partial charge in [0.1, 0.15) is 0 Å². The Morgan fingerprint density at radius 1 is 1.10 bits per heavy atom. The number of aryl methyl sites for hydroxylation is 2. The van der Waals surface area contributed by atoms with Crippen LogP contribution < -0.4 is 5.73 Å². The van der Waals surface area contributed by atoms with E-state index in [0.717, 1.165) is 22.5 Å². The third-order valence-corrected chi connectivity index (χ3v) is 3.47. The molecule has 0 fully saturated rings. The van der Waals surface area contributed by atoms with Gasteiger partial charge in [-0.25, -0.2) is 0 Å². The number of anilines is 1. The van der Waals surface area contributed by atoms with Crippen molar-refractivity contribution in [3.05, 3.63) is 59.2 Å². The molecule has 2 rings (SSSR count). The summed E-state index contributed by atoms with van der Waals surface area (Å²) in [7, 11) is 0. The van der Waals surface area contributed by atoms with Crippen molar-refractivity contribution in [3.8, 4) is 0 Å². The van der Waals surface area contributed by atoms with Crippen LogP contribution in [0.1, 0.15) is 34.8 Å². The first-order chi connectivity index (χ1) is 9.97. The van der Waals surface area contributed by atoms with Crippen molar-refractivity contribution in [1.82, 2.24) is 0 Å². The summed E-state index contributed by atoms with van der Waals surface area (Å²) in [5.74, 6) is 0.0688. The van der Waals surface area contributed by atoms with Crippen molar-refractivity contribution >= 4 is 22.9 Å². The van der Waals surface area contributed by atoms with Crippen molar-refractivity contribution in [3.63, 3.8) is 0 Å². The highest BCUT2D eigenvalue weighted by molar-refractivity contribution is 6.09. The van der Waals surface area contributed by atoms with Gasteiger partial charge in [-0.15, -0.1) is 0 Å². The second-order valence-corrected chi connectivity index (χ2v) is 5.31. The number of nitrogen functional groups attached to an aromatic ring is 1. The van der Waals surface area contributed by atoms with Gasteiger partial charge in [0, 0.05) is 17.7 Å². The van der Waals surface area contributed by atoms with Crippen molar-refractivity contribution in [2.45, 2.75) is 27.2 Å². The molecular formula is C18H20N2O. The zero-order chi connectivity index (χ0) is 15.4. The Balaban J connectivity index is 2.19. The second kappa shape index (κ2) is 6.35. The number of benzene rings is 2. The molecule has 2 aromatic carbocycles. The molecule has 3 nitrogen and oxygen atoms in total. The molecule has 0 bridgehead atoms. The van der Waals surface area contributed by atoms with Crippen molar-refractivity contribution in [2.75, 3.05) is 5.73 Å². The van der Waals surface area contributed by atoms with Crippen molar-refractivity contribution in [1.29, 1.82) is 0 Å². The van der Waals surface area contributed by atoms with E-state index in [9.17, 15) is 4.79 Å². The highest BCUT2D eigenvalue weighted by atomic mass is 16.1. The number of nitrogens with two attached hydrogens (primary N) is 1. The topological polar surface area (TPSA) is 55.5 Å². The molecule has 0 aromatic heterocycles. The van der Waals surface area contributed by atoms with Crippen LogP contribution in [0.4, 0.5) is 11.4 Å². The molecule has 3 heteroatoms. The number of nitrogens with zero attached hydrogens (tertiary/aromatic N) is 1. The number of carbonyl (C=O) groups is 1. The number of Topliss-reactive ketones (excluding diaryl/α,β-unsaturated/α-hetero) is 1. The maximum atomic E-state index is 12.1. The molecule has 0 aliphatic carbocycles. The minimum atomic E-state index is 0.0688. The fraction of sp³-hybridized carbons (Fsp3) is 0.222. The molecule has 0 saturated carbocycles. The molecule has 0 heterocycles. The first-order valence-electron chi connectivity index (χ1n) is 6.96. The molecule has 0 saturated heterocycles. The summed E-state index contributed by atoms with van der Waals surface area (Å²) < 4.78 is 0. The van der Waals surface area contributed by atoms with Crippen LogP contribution in [0.15, 0.2) is 47.5 Å². The average Bonchev–Trinajstić information content (AvgIpc) is 2.45. The summed E-state index contributed by atoms with van der Waals surface area (Å²) in [4.78, 5) is 16.6. The molecule has 2 aromatic rings. The zero-order valence-electron chi connectivity index (χ0n) is 12.7. The van der Waals surface area contributed by atoms with E-state index in [2.05, 4.69) is 4.99 Å². The molecule has 21 heavy (non-hydrogen) atoms. The standard InChI is InChI=1S/C18H20N2O/c1-12-9-16(19)17(10-13(12)2)20-14(3)11-18(21)15-7-5-4-6-8-15/h4-10H,11,19H2,1-3H3. The lowest BCUT2D eigenvalue weighted by molar-refractivity contribution is 0.100. The van der Waals surface area contributed by atoms with E-state index in [1.807, 2.05) is 63.2 Å². The predicted octanol–water partition coefficient (Wildman–Crippen LogP) is 4.25. The van der Waals surface area contributed by atoms with Gasteiger partial charge in [-0.1, -0.05) is 30.3 Å². The first-order valence-corrected chi connectivity index (χ1v) is 6.96. The van der Waals surface area contributed by atoms with Crippen LogP contribution in [0.3, 0.4) is 0 Å². The Kier molecular flexibility index (Phi) is 4.53. The number of rotatable bonds is 4. The summed E-state index contributed by atoms with van der Waals surface area (Å²) in [5.41, 5.74) is 11.1. The molecular weight excluding hydrogens is 260 g/mol. The molecule has 0 amide bonds. The van der Waals surface area contributed by atoms with E-state index in [1.165, 1.54) is 0 Å². The first kappa shape index (κ1) is 15.0. The molecule has 0 atom stereocenters. The summed E-state index contributed by atoms with van der Waals surface area (Å²) in [5, 5.41) is 0. The van der Waals surface area contributed by atoms with Gasteiger partial charge >= 0.3 is 0 Å². The second-order valence-electron chi connectivity index (χ2n) is 5.31. The van der Waals surface area contributed by atoms with Gasteiger partial charge in [0.15, 0.2) is 5.78 Å². The number of carbonyl (C=O) groups excluding carboxylic acids is 1. The summed E-state index contributed by atoms with van der Waals surface area (Å²) in [6, 6.07) is 13.1. The number of ketones is 1. The van der Waals surface area contributed by atoms with Crippen LogP contribution in [0.5, 0.6) is 0 Å². The van der Waals surface area contributed by atoms with E-state index >= 15 is 0 Å². The summed E-state index contributed by atoms with van der Waals surface area (Å²) >= 11 is 0. The highest BCUT2D eigenvalue weighted by Crippen LogP contribution is 2.26. The monoisotopic (exact) mass is 280 g/mol. The largest absolute Gasteiger partial charge is 0.397 e. The Labute approximate surface area is 125 Å². The quantitative estimate of drug-likeness (QED) is 0.517. The van der Waals surface area contributed by atoms with Gasteiger partial charge in [-0.3, -0.25) is 9.79 Å². The predicted molar refractivity (Wildman–Crippen MR) is 88.5 cm³/mol. The molecule has 0 radical (unpaired) electrons. The van der Waals surface area contributed by atoms with E-state index < -0.39 is 0 Å². The highest BCUT2D eigenvalue weighted by Gasteiger charge is 2.08. The van der Waals surface area contributed by atoms with Gasteiger partial charge < -0.3 is 5.73 Å². The number of hydrogen-bond donors (Lipinski definition) is 1. The SMILES string of the molecule is CC(CC(=O)c1ccccc1)=Nc1cc(C)c(C)cc1N. The smallest absolute Gasteiger partial charge is 0.168 e. The lowest BCUT2D eigenvalue weighted by atomic mass is 10.1. The number of hydrogen-bond acceptors (Lipinski definition) is 3. The maximum Gasteiger partial charge on any atom is 0.168 e. The minimum Gasteiger partial charge on any atom is -0.397 e. The van der Waals surface area contributed by atoms with Gasteiger partial charge in [0.2, 0.25) is 0 Å². The van der Waals surface area contributed by atoms with E-state index in [-0.39, 0.29) is 5.78 Å². The molecule has 0 aliphatic heterocycles. The Morgan fingerprint density at radius 3 is 2.38 bits per heavy atom. The van der Waals surface area contributed by atoms with Crippen LogP contribution in [0.2, 0.25) is 0 Å². The van der Waals surface area contributed by atoms with E-state index in [0.29, 0.717) is 17.7 Å². The van der Waals surface area contributed by atoms with Gasteiger partial charge in [-0.2, -0.15) is 0 Å². The fourth-order valence-corrected chi connectivity index (χ4v) is 2.12. The van der Waals surface area contributed by atoms with E-state index in [1.54, 1.807) is 0 Å². The Morgan fingerprint density at radius 2 is 1.71 bits per heavy atom. The third kappa shape index (κ3) is 3.78. The third-order valence-electron chi connectivity index (χ3n) is 3.47. The summed E-state index contributed by atoms with van der Waals surface area (Å²) in [6.45, 7) is 5.90. The molecule has 0 spiro atoms. The van der Waals surface area contributed by atoms with E-state index in [4.69, 9.17) is 5.73 Å². The lowest BCUT2D eigenvalue weighted by Crippen LogP contribution is -2.05. The molecule has 2 N–H and O–H groups in total. The number of aliphatic imine (C=N–C) groups is 1. The van der Waals surface area contributed by atoms with Crippen molar-refractivity contribution in [2.24, 2.45) is 4.99 Å². The Bertz CT molecular complexity index is 688. The van der Waals surface area contributed by atoms with Gasteiger partial charge in [0.25, 0.3) is 0 Å². The van der Waals surface area contributed by atoms with Crippen LogP contribution in [0, 0.1) is 13.8 Å². The van der Waals surface area contributed by atoms with Crippen LogP contribution in [-0.2, 0) is 0 Å². The Hall–Kier alpha value is -2.42. The molecule has 0 unspecified atom stereocenters. The maximum absolute atomic E-state index is 12.1. The fourth-order valence-electron chi connectivity index (χ4n) is 2.12. The van der Waals surface area contributed by atoms with Crippen LogP contribution >= 0.6 is 0 Å². The molecule has 108 valence electrons. The van der Waals surface area contributed by atoms with Crippen molar-refractivity contribution < 1.29 is 4.79 Å².